The molecule has 0 unspecified atom stereocenters. The Kier molecular flexibility index (Phi) is 6.21. The Morgan fingerprint density at radius 3 is 2.37 bits per heavy atom. The Balaban J connectivity index is 2.52. The van der Waals surface area contributed by atoms with Crippen LogP contribution in [0.15, 0.2) is 24.3 Å². The molecule has 19 heavy (non-hydrogen) atoms. The van der Waals surface area contributed by atoms with Crippen molar-refractivity contribution in [2.75, 3.05) is 24.4 Å². The second kappa shape index (κ2) is 7.97. The lowest BCUT2D eigenvalue weighted by Gasteiger charge is -2.08. The summed E-state index contributed by atoms with van der Waals surface area (Å²) < 4.78 is 9.44. The number of benzene rings is 1. The minimum absolute atomic E-state index is 0.391. The van der Waals surface area contributed by atoms with E-state index in [-0.39, 0.29) is 0 Å². The van der Waals surface area contributed by atoms with Crippen LogP contribution in [-0.2, 0) is 9.47 Å². The molecule has 0 spiro atoms. The lowest BCUT2D eigenvalue weighted by molar-refractivity contribution is 0.160. The fraction of sp³-hybridized carbons (Fsp3) is 0.385. The minimum atomic E-state index is -0.567. The molecule has 2 amide bonds. The van der Waals surface area contributed by atoms with E-state index in [4.69, 9.17) is 4.74 Å². The van der Waals surface area contributed by atoms with Crippen molar-refractivity contribution in [2.24, 2.45) is 0 Å². The summed E-state index contributed by atoms with van der Waals surface area (Å²) in [6.07, 6.45) is 0.717. The Hall–Kier alpha value is -2.24. The van der Waals surface area contributed by atoms with Gasteiger partial charge in [0.05, 0.1) is 13.7 Å². The maximum atomic E-state index is 11.4. The van der Waals surface area contributed by atoms with Crippen molar-refractivity contribution in [1.29, 1.82) is 0 Å². The second-order valence-corrected chi connectivity index (χ2v) is 3.81. The van der Waals surface area contributed by atoms with Gasteiger partial charge in [0, 0.05) is 11.4 Å². The van der Waals surface area contributed by atoms with Crippen LogP contribution in [0.2, 0.25) is 0 Å². The summed E-state index contributed by atoms with van der Waals surface area (Å²) in [4.78, 5) is 22.5. The van der Waals surface area contributed by atoms with E-state index < -0.39 is 12.2 Å². The summed E-state index contributed by atoms with van der Waals surface area (Å²) in [6.45, 7) is 2.41. The maximum absolute atomic E-state index is 11.4. The minimum Gasteiger partial charge on any atom is -0.453 e. The summed E-state index contributed by atoms with van der Waals surface area (Å²) in [7, 11) is 1.28. The first-order valence-corrected chi connectivity index (χ1v) is 6.04. The summed E-state index contributed by atoms with van der Waals surface area (Å²) >= 11 is 0. The quantitative estimate of drug-likeness (QED) is 0.802. The summed E-state index contributed by atoms with van der Waals surface area (Å²) in [5, 5.41) is 5.08. The molecule has 1 rings (SSSR count). The van der Waals surface area contributed by atoms with E-state index in [9.17, 15) is 9.59 Å². The van der Waals surface area contributed by atoms with Crippen molar-refractivity contribution in [3.8, 4) is 0 Å². The monoisotopic (exact) mass is 266 g/mol. The van der Waals surface area contributed by atoms with Gasteiger partial charge in [0.25, 0.3) is 0 Å². The van der Waals surface area contributed by atoms with Crippen LogP contribution in [-0.4, -0.2) is 25.9 Å². The number of anilines is 2. The zero-order chi connectivity index (χ0) is 14.1. The molecular weight excluding hydrogens is 248 g/mol. The van der Waals surface area contributed by atoms with E-state index in [0.29, 0.717) is 18.0 Å². The fourth-order valence-corrected chi connectivity index (χ4v) is 1.31. The molecule has 104 valence electrons. The lowest BCUT2D eigenvalue weighted by atomic mass is 10.3. The van der Waals surface area contributed by atoms with Crippen molar-refractivity contribution < 1.29 is 19.1 Å². The molecule has 6 nitrogen and oxygen atoms in total. The largest absolute Gasteiger partial charge is 0.453 e. The molecule has 0 fully saturated rings. The number of nitrogens with one attached hydrogen (secondary N) is 2. The highest BCUT2D eigenvalue weighted by Gasteiger charge is 2.05. The first-order chi connectivity index (χ1) is 9.15. The Bertz CT molecular complexity index is 434. The molecule has 0 heterocycles. The molecule has 2 N–H and O–H groups in total. The molecule has 0 atom stereocenters. The van der Waals surface area contributed by atoms with Gasteiger partial charge in [-0.3, -0.25) is 10.6 Å². The van der Waals surface area contributed by atoms with Gasteiger partial charge in [-0.15, -0.1) is 0 Å². The van der Waals surface area contributed by atoms with Crippen LogP contribution in [0.1, 0.15) is 19.8 Å². The third kappa shape index (κ3) is 5.76. The number of ether oxygens (including phenoxy) is 2. The average Bonchev–Trinajstić information content (AvgIpc) is 2.39. The zero-order valence-corrected chi connectivity index (χ0v) is 11.1. The molecule has 0 bridgehead atoms. The second-order valence-electron chi connectivity index (χ2n) is 3.81. The first kappa shape index (κ1) is 14.8. The van der Waals surface area contributed by atoms with Crippen molar-refractivity contribution in [3.05, 3.63) is 24.3 Å². The summed E-state index contributed by atoms with van der Waals surface area (Å²) in [6, 6.07) is 6.69. The number of carbonyl (C=O) groups excluding carboxylic acids is 2. The van der Waals surface area contributed by atoms with Crippen LogP contribution in [0.4, 0.5) is 21.0 Å². The van der Waals surface area contributed by atoms with E-state index in [0.717, 1.165) is 12.8 Å². The molecule has 0 aromatic heterocycles. The van der Waals surface area contributed by atoms with E-state index in [1.165, 1.54) is 7.11 Å². The molecule has 1 aromatic rings. The summed E-state index contributed by atoms with van der Waals surface area (Å²) in [5.41, 5.74) is 1.06. The number of methoxy groups -OCH3 is 1. The first-order valence-electron chi connectivity index (χ1n) is 6.04. The SMILES string of the molecule is CCCCOC(=O)Nc1cccc(NC(=O)OC)c1. The van der Waals surface area contributed by atoms with Crippen molar-refractivity contribution in [2.45, 2.75) is 19.8 Å². The van der Waals surface area contributed by atoms with Gasteiger partial charge < -0.3 is 9.47 Å². The van der Waals surface area contributed by atoms with E-state index in [1.54, 1.807) is 24.3 Å². The smallest absolute Gasteiger partial charge is 0.411 e. The van der Waals surface area contributed by atoms with Gasteiger partial charge in [0.1, 0.15) is 0 Å². The van der Waals surface area contributed by atoms with Gasteiger partial charge in [-0.2, -0.15) is 0 Å². The Morgan fingerprint density at radius 2 is 1.79 bits per heavy atom. The molecule has 0 saturated carbocycles. The molecule has 1 aromatic carbocycles. The van der Waals surface area contributed by atoms with Crippen molar-refractivity contribution in [1.82, 2.24) is 0 Å². The van der Waals surface area contributed by atoms with E-state index in [2.05, 4.69) is 15.4 Å². The molecule has 0 saturated heterocycles. The van der Waals surface area contributed by atoms with Crippen LogP contribution in [0.25, 0.3) is 0 Å². The van der Waals surface area contributed by atoms with E-state index in [1.807, 2.05) is 6.92 Å². The standard InChI is InChI=1S/C13H18N2O4/c1-3-4-8-19-13(17)15-11-7-5-6-10(9-11)14-12(16)18-2/h5-7,9H,3-4,8H2,1-2H3,(H,14,16)(H,15,17). The highest BCUT2D eigenvalue weighted by Crippen LogP contribution is 2.15. The van der Waals surface area contributed by atoms with Crippen molar-refractivity contribution >= 4 is 23.6 Å². The number of rotatable bonds is 5. The number of amides is 2. The van der Waals surface area contributed by atoms with Gasteiger partial charge in [-0.1, -0.05) is 19.4 Å². The third-order valence-corrected chi connectivity index (χ3v) is 2.27. The molecule has 0 aliphatic carbocycles. The highest BCUT2D eigenvalue weighted by molar-refractivity contribution is 5.88. The van der Waals surface area contributed by atoms with Gasteiger partial charge >= 0.3 is 12.2 Å². The van der Waals surface area contributed by atoms with E-state index >= 15 is 0 Å². The van der Waals surface area contributed by atoms with Crippen molar-refractivity contribution in [3.63, 3.8) is 0 Å². The van der Waals surface area contributed by atoms with Crippen LogP contribution < -0.4 is 10.6 Å². The highest BCUT2D eigenvalue weighted by atomic mass is 16.5. The van der Waals surface area contributed by atoms with Crippen LogP contribution in [0.3, 0.4) is 0 Å². The zero-order valence-electron chi connectivity index (χ0n) is 11.1. The molecular formula is C13H18N2O4. The third-order valence-electron chi connectivity index (χ3n) is 2.27. The van der Waals surface area contributed by atoms with Crippen LogP contribution >= 0.6 is 0 Å². The lowest BCUT2D eigenvalue weighted by Crippen LogP contribution is -2.15. The number of unbranched alkanes of at least 4 members (excludes halogenated alkanes) is 1. The number of carbonyl (C=O) groups is 2. The molecule has 0 radical (unpaired) electrons. The number of hydrogen-bond acceptors (Lipinski definition) is 4. The normalized spacial score (nSPS) is 9.58. The average molecular weight is 266 g/mol. The summed E-state index contributed by atoms with van der Waals surface area (Å²) in [5.74, 6) is 0. The van der Waals surface area contributed by atoms with Crippen LogP contribution in [0, 0.1) is 0 Å². The van der Waals surface area contributed by atoms with Gasteiger partial charge in [0.2, 0.25) is 0 Å². The predicted molar refractivity (Wildman–Crippen MR) is 72.3 cm³/mol. The topological polar surface area (TPSA) is 76.7 Å². The predicted octanol–water partition coefficient (Wildman–Crippen LogP) is 3.21. The van der Waals surface area contributed by atoms with Gasteiger partial charge in [-0.05, 0) is 24.6 Å². The molecule has 6 heteroatoms. The maximum Gasteiger partial charge on any atom is 0.411 e. The Labute approximate surface area is 112 Å². The fourth-order valence-electron chi connectivity index (χ4n) is 1.31. The molecule has 0 aliphatic heterocycles. The van der Waals surface area contributed by atoms with Gasteiger partial charge in [0.15, 0.2) is 0 Å². The molecule has 0 aliphatic rings. The Morgan fingerprint density at radius 1 is 1.16 bits per heavy atom. The van der Waals surface area contributed by atoms with Gasteiger partial charge in [-0.25, -0.2) is 9.59 Å². The van der Waals surface area contributed by atoms with Crippen LogP contribution in [0.5, 0.6) is 0 Å². The number of hydrogen-bond donors (Lipinski definition) is 2.